The van der Waals surface area contributed by atoms with Gasteiger partial charge in [-0.1, -0.05) is 37.4 Å². The van der Waals surface area contributed by atoms with E-state index in [4.69, 9.17) is 21.4 Å². The number of unbranched alkanes of at least 4 members (excludes halogenated alkanes) is 1. The molecule has 9 nitrogen and oxygen atoms in total. The van der Waals surface area contributed by atoms with Gasteiger partial charge in [-0.25, -0.2) is 4.99 Å². The molecule has 0 aliphatic heterocycles. The zero-order valence-corrected chi connectivity index (χ0v) is 24.8. The Balaban J connectivity index is 2.58. The van der Waals surface area contributed by atoms with Gasteiger partial charge in [0.05, 0.1) is 38.9 Å². The van der Waals surface area contributed by atoms with Crippen molar-refractivity contribution in [2.75, 3.05) is 12.8 Å². The predicted octanol–water partition coefficient (Wildman–Crippen LogP) is 4.57. The highest BCUT2D eigenvalue weighted by atomic mass is 35.5. The van der Waals surface area contributed by atoms with Crippen LogP contribution < -0.4 is 10.6 Å². The summed E-state index contributed by atoms with van der Waals surface area (Å²) >= 11 is 10.6. The number of carbonyl (C=O) groups excluding carboxylic acids is 2. The van der Waals surface area contributed by atoms with Crippen molar-refractivity contribution in [3.8, 4) is 0 Å². The van der Waals surface area contributed by atoms with E-state index in [1.807, 2.05) is 6.92 Å². The van der Waals surface area contributed by atoms with Crippen molar-refractivity contribution in [3.05, 3.63) is 34.5 Å². The minimum atomic E-state index is -1.25. The SMILES string of the molecule is CCCCC(C)OC(=O)[C@H](CCC(=O)O)NCCCC(=O)NC=N/C(C)=C(\S)c1ccc(Cl)c(S(C)=O)c1. The molecule has 0 heterocycles. The second-order valence-electron chi connectivity index (χ2n) is 8.79. The standard InChI is InChI=1S/C26H38ClN3O6S2/c1-5-6-8-17(2)36-26(34)21(12-13-24(32)33)28-14-7-9-23(31)30-16-29-18(3)25(37)19-10-11-20(27)22(15-19)38(4)35/h10-11,15-17,21,28,37H,5-9,12-14H2,1-4H3,(H,32,33)(H,29,30,31)/b25-18-/t17?,21-,38?/m0/s1. The van der Waals surface area contributed by atoms with Gasteiger partial charge in [0.15, 0.2) is 0 Å². The van der Waals surface area contributed by atoms with Gasteiger partial charge in [0, 0.05) is 24.0 Å². The third kappa shape index (κ3) is 13.0. The first-order chi connectivity index (χ1) is 18.0. The summed E-state index contributed by atoms with van der Waals surface area (Å²) < 4.78 is 17.3. The van der Waals surface area contributed by atoms with E-state index in [0.29, 0.717) is 39.0 Å². The van der Waals surface area contributed by atoms with Crippen LogP contribution in [0.4, 0.5) is 0 Å². The van der Waals surface area contributed by atoms with E-state index < -0.39 is 28.8 Å². The Morgan fingerprint density at radius 2 is 1.95 bits per heavy atom. The first-order valence-electron chi connectivity index (χ1n) is 12.5. The molecule has 3 atom stereocenters. The van der Waals surface area contributed by atoms with Gasteiger partial charge in [0.25, 0.3) is 0 Å². The first-order valence-corrected chi connectivity index (χ1v) is 14.8. The number of ether oxygens (including phenoxy) is 1. The number of nitrogens with zero attached hydrogens (tertiary/aromatic N) is 1. The molecule has 2 unspecified atom stereocenters. The number of carbonyl (C=O) groups is 3. The monoisotopic (exact) mass is 587 g/mol. The van der Waals surface area contributed by atoms with Crippen molar-refractivity contribution < 1.29 is 28.4 Å². The van der Waals surface area contributed by atoms with Crippen molar-refractivity contribution in [3.63, 3.8) is 0 Å². The lowest BCUT2D eigenvalue weighted by Crippen LogP contribution is -2.40. The van der Waals surface area contributed by atoms with Gasteiger partial charge in [-0.05, 0) is 57.4 Å². The summed E-state index contributed by atoms with van der Waals surface area (Å²) in [6.45, 7) is 5.94. The van der Waals surface area contributed by atoms with Gasteiger partial charge in [-0.3, -0.25) is 18.6 Å². The van der Waals surface area contributed by atoms with Gasteiger partial charge in [0.1, 0.15) is 6.04 Å². The fraction of sp³-hybridized carbons (Fsp3) is 0.538. The summed E-state index contributed by atoms with van der Waals surface area (Å²) in [6, 6.07) is 4.34. The van der Waals surface area contributed by atoms with E-state index in [9.17, 15) is 18.6 Å². The molecule has 1 aromatic carbocycles. The van der Waals surface area contributed by atoms with Crippen molar-refractivity contribution in [1.82, 2.24) is 10.6 Å². The number of thiol groups is 1. The number of rotatable bonds is 17. The van der Waals surface area contributed by atoms with Crippen LogP contribution >= 0.6 is 24.2 Å². The van der Waals surface area contributed by atoms with Crippen molar-refractivity contribution in [1.29, 1.82) is 0 Å². The number of carboxylic acid groups (broad SMARTS) is 1. The fourth-order valence-electron chi connectivity index (χ4n) is 3.34. The van der Waals surface area contributed by atoms with Crippen LogP contribution in [0, 0.1) is 0 Å². The highest BCUT2D eigenvalue weighted by molar-refractivity contribution is 7.90. The van der Waals surface area contributed by atoms with Crippen LogP contribution in [0.25, 0.3) is 4.91 Å². The molecule has 0 radical (unpaired) electrons. The zero-order valence-electron chi connectivity index (χ0n) is 22.3. The number of hydrogen-bond acceptors (Lipinski definition) is 8. The van der Waals surface area contributed by atoms with Crippen LogP contribution in [0.1, 0.15) is 71.3 Å². The summed E-state index contributed by atoms with van der Waals surface area (Å²) in [6.07, 6.45) is 5.80. The molecule has 0 fully saturated rings. The maximum Gasteiger partial charge on any atom is 0.323 e. The van der Waals surface area contributed by atoms with E-state index in [-0.39, 0.29) is 31.3 Å². The third-order valence-corrected chi connectivity index (χ3v) is 7.51. The molecule has 1 amide bonds. The van der Waals surface area contributed by atoms with Crippen molar-refractivity contribution >= 4 is 64.1 Å². The van der Waals surface area contributed by atoms with Crippen LogP contribution in [-0.4, -0.2) is 58.4 Å². The molecule has 0 bridgehead atoms. The molecule has 1 rings (SSSR count). The molecule has 0 saturated carbocycles. The maximum absolute atomic E-state index is 12.5. The van der Waals surface area contributed by atoms with E-state index in [2.05, 4.69) is 35.2 Å². The van der Waals surface area contributed by atoms with Gasteiger partial charge in [0.2, 0.25) is 5.91 Å². The number of nitrogens with one attached hydrogen (secondary N) is 2. The number of carboxylic acids is 1. The molecule has 0 aliphatic carbocycles. The second-order valence-corrected chi connectivity index (χ2v) is 11.0. The molecule has 0 spiro atoms. The Kier molecular flexibility index (Phi) is 16.1. The largest absolute Gasteiger partial charge is 0.481 e. The molecule has 0 saturated heterocycles. The molecule has 1 aromatic rings. The smallest absolute Gasteiger partial charge is 0.323 e. The number of esters is 1. The number of halogens is 1. The first kappa shape index (κ1) is 33.8. The average molecular weight is 588 g/mol. The number of aliphatic imine (C=N–C) groups is 1. The normalized spacial score (nSPS) is 14.5. The van der Waals surface area contributed by atoms with Gasteiger partial charge in [-0.2, -0.15) is 0 Å². The highest BCUT2D eigenvalue weighted by Gasteiger charge is 2.22. The number of aliphatic carboxylic acids is 1. The van der Waals surface area contributed by atoms with E-state index in [0.717, 1.165) is 19.3 Å². The Hall–Kier alpha value is -2.21. The molecular formula is C26H38ClN3O6S2. The molecule has 0 aliphatic rings. The third-order valence-electron chi connectivity index (χ3n) is 5.53. The highest BCUT2D eigenvalue weighted by Crippen LogP contribution is 2.28. The van der Waals surface area contributed by atoms with E-state index in [1.165, 1.54) is 6.34 Å². The Labute approximate surface area is 237 Å². The van der Waals surface area contributed by atoms with Crippen LogP contribution in [0.15, 0.2) is 33.8 Å². The lowest BCUT2D eigenvalue weighted by Gasteiger charge is -2.20. The van der Waals surface area contributed by atoms with Crippen LogP contribution in [0.3, 0.4) is 0 Å². The summed E-state index contributed by atoms with van der Waals surface area (Å²) in [5.74, 6) is -1.74. The quantitative estimate of drug-likeness (QED) is 0.0690. The van der Waals surface area contributed by atoms with Crippen molar-refractivity contribution in [2.45, 2.75) is 82.8 Å². The lowest BCUT2D eigenvalue weighted by molar-refractivity contribution is -0.151. The number of benzene rings is 1. The lowest BCUT2D eigenvalue weighted by atomic mass is 10.1. The fourth-order valence-corrected chi connectivity index (χ4v) is 4.62. The van der Waals surface area contributed by atoms with Gasteiger partial charge >= 0.3 is 11.9 Å². The summed E-state index contributed by atoms with van der Waals surface area (Å²) in [5, 5.41) is 15.0. The molecule has 3 N–H and O–H groups in total. The summed E-state index contributed by atoms with van der Waals surface area (Å²) in [5.41, 5.74) is 1.24. The minimum Gasteiger partial charge on any atom is -0.481 e. The summed E-state index contributed by atoms with van der Waals surface area (Å²) in [7, 11) is -1.25. The molecule has 212 valence electrons. The molecule has 0 aromatic heterocycles. The molecular weight excluding hydrogens is 550 g/mol. The summed E-state index contributed by atoms with van der Waals surface area (Å²) in [4.78, 5) is 40.9. The number of allylic oxidation sites excluding steroid dienone is 1. The topological polar surface area (TPSA) is 134 Å². The Morgan fingerprint density at radius 3 is 2.58 bits per heavy atom. The van der Waals surface area contributed by atoms with Crippen molar-refractivity contribution in [2.24, 2.45) is 4.99 Å². The number of amides is 1. The maximum atomic E-state index is 12.5. The van der Waals surface area contributed by atoms with Crippen LogP contribution in [0.2, 0.25) is 5.02 Å². The Morgan fingerprint density at radius 1 is 1.24 bits per heavy atom. The minimum absolute atomic E-state index is 0.106. The van der Waals surface area contributed by atoms with E-state index >= 15 is 0 Å². The predicted molar refractivity (Wildman–Crippen MR) is 155 cm³/mol. The second kappa shape index (κ2) is 18.1. The molecule has 38 heavy (non-hydrogen) atoms. The van der Waals surface area contributed by atoms with E-state index in [1.54, 1.807) is 31.4 Å². The van der Waals surface area contributed by atoms with Crippen LogP contribution in [-0.2, 0) is 29.9 Å². The number of hydrogen-bond donors (Lipinski definition) is 4. The van der Waals surface area contributed by atoms with Gasteiger partial charge < -0.3 is 20.5 Å². The van der Waals surface area contributed by atoms with Gasteiger partial charge in [-0.15, -0.1) is 12.6 Å². The Bertz CT molecular complexity index is 1050. The zero-order chi connectivity index (χ0) is 28.7. The average Bonchev–Trinajstić information content (AvgIpc) is 2.86. The van der Waals surface area contributed by atoms with Crippen LogP contribution in [0.5, 0.6) is 0 Å². The molecule has 12 heteroatoms.